The first-order valence-corrected chi connectivity index (χ1v) is 6.38. The lowest BCUT2D eigenvalue weighted by Crippen LogP contribution is -2.09. The second-order valence-corrected chi connectivity index (χ2v) is 4.74. The predicted molar refractivity (Wildman–Crippen MR) is 70.8 cm³/mol. The van der Waals surface area contributed by atoms with Crippen molar-refractivity contribution >= 4 is 11.6 Å². The van der Waals surface area contributed by atoms with E-state index in [9.17, 15) is 9.90 Å². The van der Waals surface area contributed by atoms with Crippen molar-refractivity contribution in [2.75, 3.05) is 5.32 Å². The Kier molecular flexibility index (Phi) is 3.09. The Balaban J connectivity index is 1.93. The van der Waals surface area contributed by atoms with Crippen LogP contribution in [0.1, 0.15) is 35.8 Å². The molecule has 19 heavy (non-hydrogen) atoms. The number of furan rings is 1. The summed E-state index contributed by atoms with van der Waals surface area (Å²) in [6.45, 7) is 0. The van der Waals surface area contributed by atoms with Gasteiger partial charge < -0.3 is 14.8 Å². The highest BCUT2D eigenvalue weighted by Crippen LogP contribution is 2.28. The molecule has 0 saturated carbocycles. The number of benzene rings is 1. The van der Waals surface area contributed by atoms with Gasteiger partial charge in [0.1, 0.15) is 11.9 Å². The Morgan fingerprint density at radius 3 is 2.95 bits per heavy atom. The smallest absolute Gasteiger partial charge is 0.224 e. The number of aryl methyl sites for hydroxylation is 1. The maximum Gasteiger partial charge on any atom is 0.224 e. The standard InChI is InChI=1S/C15H15NO3/c17-14-5-1-3-10-9-11(6-7-12(10)16-14)15(18)13-4-2-8-19-13/h2,4,6-9,15,18H,1,3,5H2,(H,16,17). The fourth-order valence-corrected chi connectivity index (χ4v) is 2.38. The molecule has 0 saturated heterocycles. The SMILES string of the molecule is O=C1CCCc2cc(C(O)c3ccco3)ccc2N1. The van der Waals surface area contributed by atoms with Crippen molar-refractivity contribution in [3.05, 3.63) is 53.5 Å². The van der Waals surface area contributed by atoms with E-state index in [-0.39, 0.29) is 5.91 Å². The first-order chi connectivity index (χ1) is 9.24. The summed E-state index contributed by atoms with van der Waals surface area (Å²) in [4.78, 5) is 11.5. The van der Waals surface area contributed by atoms with Crippen molar-refractivity contribution < 1.29 is 14.3 Å². The fraction of sp³-hybridized carbons (Fsp3) is 0.267. The van der Waals surface area contributed by atoms with Gasteiger partial charge >= 0.3 is 0 Å². The van der Waals surface area contributed by atoms with Crippen LogP contribution in [0.3, 0.4) is 0 Å². The van der Waals surface area contributed by atoms with Gasteiger partial charge in [0.25, 0.3) is 0 Å². The third-order valence-electron chi connectivity index (χ3n) is 3.38. The molecule has 1 unspecified atom stereocenters. The summed E-state index contributed by atoms with van der Waals surface area (Å²) >= 11 is 0. The third kappa shape index (κ3) is 2.39. The number of aliphatic hydroxyl groups excluding tert-OH is 1. The molecule has 0 fully saturated rings. The largest absolute Gasteiger partial charge is 0.466 e. The molecule has 2 heterocycles. The molecule has 1 aromatic heterocycles. The van der Waals surface area contributed by atoms with Crippen LogP contribution in [0.25, 0.3) is 0 Å². The van der Waals surface area contributed by atoms with E-state index in [1.807, 2.05) is 18.2 Å². The Morgan fingerprint density at radius 1 is 1.26 bits per heavy atom. The zero-order chi connectivity index (χ0) is 13.2. The first-order valence-electron chi connectivity index (χ1n) is 6.38. The second-order valence-electron chi connectivity index (χ2n) is 4.74. The number of nitrogens with one attached hydrogen (secondary N) is 1. The van der Waals surface area contributed by atoms with Crippen LogP contribution in [0.5, 0.6) is 0 Å². The van der Waals surface area contributed by atoms with Gasteiger partial charge in [0.05, 0.1) is 6.26 Å². The number of amides is 1. The number of hydrogen-bond acceptors (Lipinski definition) is 3. The molecule has 1 amide bonds. The van der Waals surface area contributed by atoms with E-state index in [1.165, 1.54) is 0 Å². The van der Waals surface area contributed by atoms with Crippen molar-refractivity contribution in [1.29, 1.82) is 0 Å². The highest BCUT2D eigenvalue weighted by atomic mass is 16.4. The molecule has 1 aromatic carbocycles. The Morgan fingerprint density at radius 2 is 2.16 bits per heavy atom. The molecule has 0 radical (unpaired) electrons. The van der Waals surface area contributed by atoms with E-state index < -0.39 is 6.10 Å². The summed E-state index contributed by atoms with van der Waals surface area (Å²) < 4.78 is 5.22. The molecule has 2 aromatic rings. The van der Waals surface area contributed by atoms with Crippen LogP contribution in [0.15, 0.2) is 41.0 Å². The minimum atomic E-state index is -0.765. The third-order valence-corrected chi connectivity index (χ3v) is 3.38. The summed E-state index contributed by atoms with van der Waals surface area (Å²) in [6, 6.07) is 9.10. The Hall–Kier alpha value is -2.07. The molecular formula is C15H15NO3. The molecule has 2 N–H and O–H groups in total. The van der Waals surface area contributed by atoms with E-state index in [1.54, 1.807) is 18.4 Å². The molecule has 0 spiro atoms. The Bertz CT molecular complexity index is 589. The summed E-state index contributed by atoms with van der Waals surface area (Å²) in [7, 11) is 0. The number of carbonyl (C=O) groups excluding carboxylic acids is 1. The maximum atomic E-state index is 11.5. The highest BCUT2D eigenvalue weighted by Gasteiger charge is 2.17. The number of rotatable bonds is 2. The molecule has 4 nitrogen and oxygen atoms in total. The lowest BCUT2D eigenvalue weighted by atomic mass is 10.0. The molecular weight excluding hydrogens is 242 g/mol. The minimum Gasteiger partial charge on any atom is -0.466 e. The van der Waals surface area contributed by atoms with Gasteiger partial charge in [-0.15, -0.1) is 0 Å². The minimum absolute atomic E-state index is 0.0538. The first kappa shape index (κ1) is 12.0. The number of fused-ring (bicyclic) bond motifs is 1. The number of hydrogen-bond donors (Lipinski definition) is 2. The summed E-state index contributed by atoms with van der Waals surface area (Å²) in [5, 5.41) is 13.1. The maximum absolute atomic E-state index is 11.5. The van der Waals surface area contributed by atoms with Crippen LogP contribution in [-0.2, 0) is 11.2 Å². The van der Waals surface area contributed by atoms with Crippen LogP contribution >= 0.6 is 0 Å². The van der Waals surface area contributed by atoms with Gasteiger partial charge in [0.15, 0.2) is 0 Å². The van der Waals surface area contributed by atoms with E-state index in [0.717, 1.165) is 29.7 Å². The predicted octanol–water partition coefficient (Wildman–Crippen LogP) is 2.64. The van der Waals surface area contributed by atoms with Crippen LogP contribution in [0.4, 0.5) is 5.69 Å². The Labute approximate surface area is 111 Å². The molecule has 1 atom stereocenters. The zero-order valence-corrected chi connectivity index (χ0v) is 10.4. The molecule has 4 heteroatoms. The van der Waals surface area contributed by atoms with Crippen molar-refractivity contribution in [3.8, 4) is 0 Å². The molecule has 98 valence electrons. The van der Waals surface area contributed by atoms with Gasteiger partial charge in [-0.25, -0.2) is 0 Å². The molecule has 1 aliphatic heterocycles. The average Bonchev–Trinajstić information content (AvgIpc) is 2.87. The lowest BCUT2D eigenvalue weighted by molar-refractivity contribution is -0.116. The van der Waals surface area contributed by atoms with Crippen molar-refractivity contribution in [3.63, 3.8) is 0 Å². The normalized spacial score (nSPS) is 16.4. The number of aliphatic hydroxyl groups is 1. The average molecular weight is 257 g/mol. The van der Waals surface area contributed by atoms with Crippen molar-refractivity contribution in [2.24, 2.45) is 0 Å². The quantitative estimate of drug-likeness (QED) is 0.869. The van der Waals surface area contributed by atoms with Gasteiger partial charge in [-0.3, -0.25) is 4.79 Å². The fourth-order valence-electron chi connectivity index (χ4n) is 2.38. The molecule has 0 aliphatic carbocycles. The van der Waals surface area contributed by atoms with Crippen LogP contribution in [-0.4, -0.2) is 11.0 Å². The van der Waals surface area contributed by atoms with Crippen LogP contribution in [0, 0.1) is 0 Å². The monoisotopic (exact) mass is 257 g/mol. The summed E-state index contributed by atoms with van der Waals surface area (Å²) in [5.74, 6) is 0.579. The lowest BCUT2D eigenvalue weighted by Gasteiger charge is -2.12. The topological polar surface area (TPSA) is 62.5 Å². The van der Waals surface area contributed by atoms with Gasteiger partial charge in [-0.1, -0.05) is 12.1 Å². The van der Waals surface area contributed by atoms with E-state index in [2.05, 4.69) is 5.32 Å². The van der Waals surface area contributed by atoms with Gasteiger partial charge in [-0.2, -0.15) is 0 Å². The van der Waals surface area contributed by atoms with Crippen LogP contribution < -0.4 is 5.32 Å². The summed E-state index contributed by atoms with van der Waals surface area (Å²) in [5.41, 5.74) is 2.69. The molecule has 1 aliphatic rings. The summed E-state index contributed by atoms with van der Waals surface area (Å²) in [6.07, 6.45) is 3.00. The van der Waals surface area contributed by atoms with Gasteiger partial charge in [-0.05, 0) is 42.2 Å². The van der Waals surface area contributed by atoms with E-state index >= 15 is 0 Å². The number of anilines is 1. The van der Waals surface area contributed by atoms with Crippen molar-refractivity contribution in [1.82, 2.24) is 0 Å². The molecule has 3 rings (SSSR count). The van der Waals surface area contributed by atoms with Gasteiger partial charge in [0, 0.05) is 12.1 Å². The zero-order valence-electron chi connectivity index (χ0n) is 10.4. The van der Waals surface area contributed by atoms with E-state index in [0.29, 0.717) is 12.2 Å². The number of carbonyl (C=O) groups is 1. The van der Waals surface area contributed by atoms with Crippen molar-refractivity contribution in [2.45, 2.75) is 25.4 Å². The highest BCUT2D eigenvalue weighted by molar-refractivity contribution is 5.92. The van der Waals surface area contributed by atoms with E-state index in [4.69, 9.17) is 4.42 Å². The van der Waals surface area contributed by atoms with Gasteiger partial charge in [0.2, 0.25) is 5.91 Å². The second kappa shape index (κ2) is 4.90. The van der Waals surface area contributed by atoms with Crippen LogP contribution in [0.2, 0.25) is 0 Å². The molecule has 0 bridgehead atoms.